The van der Waals surface area contributed by atoms with Crippen LogP contribution in [0.25, 0.3) is 66.1 Å². The van der Waals surface area contributed by atoms with Gasteiger partial charge in [-0.3, -0.25) is 0 Å². The van der Waals surface area contributed by atoms with Crippen LogP contribution < -0.4 is 0 Å². The molecule has 4 nitrogen and oxygen atoms in total. The van der Waals surface area contributed by atoms with Gasteiger partial charge in [-0.05, 0) is 123 Å². The van der Waals surface area contributed by atoms with E-state index in [1.165, 1.54) is 16.2 Å². The maximum Gasteiger partial charge on any atom is 0.141 e. The zero-order valence-corrected chi connectivity index (χ0v) is 39.9. The predicted octanol–water partition coefficient (Wildman–Crippen LogP) is 14.7. The van der Waals surface area contributed by atoms with E-state index in [2.05, 4.69) is 84.8 Å². The van der Waals surface area contributed by atoms with Gasteiger partial charge in [0.15, 0.2) is 0 Å². The van der Waals surface area contributed by atoms with Crippen LogP contribution in [0.3, 0.4) is 0 Å². The topological polar surface area (TPSA) is 80.9 Å². The van der Waals surface area contributed by atoms with Crippen LogP contribution in [0, 0.1) is 12.3 Å². The normalized spacial score (nSPS) is 14.9. The van der Waals surface area contributed by atoms with Crippen LogP contribution in [0.15, 0.2) is 249 Å². The lowest BCUT2D eigenvalue weighted by Gasteiger charge is -2.27. The van der Waals surface area contributed by atoms with Crippen molar-refractivity contribution in [3.63, 3.8) is 0 Å². The molecule has 4 aliphatic rings. The van der Waals surface area contributed by atoms with Crippen molar-refractivity contribution in [3.05, 3.63) is 299 Å². The second-order valence-electron chi connectivity index (χ2n) is 19.0. The van der Waals surface area contributed by atoms with Crippen LogP contribution in [0.1, 0.15) is 68.7 Å². The molecule has 0 spiro atoms. The van der Waals surface area contributed by atoms with Gasteiger partial charge in [0.2, 0.25) is 0 Å². The number of aliphatic hydroxyl groups is 4. The molecule has 11 aromatic carbocycles. The van der Waals surface area contributed by atoms with Gasteiger partial charge in [-0.1, -0.05) is 231 Å². The molecule has 0 heterocycles. The summed E-state index contributed by atoms with van der Waals surface area (Å²) in [4.78, 5) is 0. The maximum atomic E-state index is 11.8. The molecule has 4 aliphatic carbocycles. The molecule has 1 unspecified atom stereocenters. The molecule has 0 saturated carbocycles. The molecule has 0 fully saturated rings. The molecule has 0 amide bonds. The van der Waals surface area contributed by atoms with Crippen molar-refractivity contribution in [1.29, 1.82) is 0 Å². The zero-order valence-electron chi connectivity index (χ0n) is 39.9. The molecular weight excluding hydrogens is 893 g/mol. The molecule has 15 rings (SSSR count). The molecule has 73 heavy (non-hydrogen) atoms. The maximum absolute atomic E-state index is 11.8. The molecule has 0 bridgehead atoms. The Balaban J connectivity index is 0.000000101. The summed E-state index contributed by atoms with van der Waals surface area (Å²) >= 11 is 0. The second-order valence-corrected chi connectivity index (χ2v) is 19.0. The first-order chi connectivity index (χ1) is 35.8. The molecular formula is C69H50O4. The SMILES string of the molecule is C#CCC1(O)c2ccccc2-c2ccccc21.OC1(c2ccc3ccccc3c2)c2ccccc2-c2ccccc21.OC1c2ccccc2-c2cc3ccccc3cc21.OC1c2ccccc2-c2ccccc21. The van der Waals surface area contributed by atoms with Crippen LogP contribution in [0.4, 0.5) is 0 Å². The highest BCUT2D eigenvalue weighted by molar-refractivity contribution is 5.93. The van der Waals surface area contributed by atoms with Gasteiger partial charge in [-0.15, -0.1) is 12.3 Å². The van der Waals surface area contributed by atoms with E-state index < -0.39 is 23.4 Å². The van der Waals surface area contributed by atoms with Crippen molar-refractivity contribution in [1.82, 2.24) is 0 Å². The summed E-state index contributed by atoms with van der Waals surface area (Å²) in [6.45, 7) is 0. The molecule has 0 aliphatic heterocycles. The van der Waals surface area contributed by atoms with Crippen molar-refractivity contribution in [2.45, 2.75) is 29.8 Å². The van der Waals surface area contributed by atoms with E-state index in [0.29, 0.717) is 6.42 Å². The molecule has 0 aromatic heterocycles. The lowest BCUT2D eigenvalue weighted by molar-refractivity contribution is 0.0915. The summed E-state index contributed by atoms with van der Waals surface area (Å²) < 4.78 is 0. The number of benzene rings is 11. The summed E-state index contributed by atoms with van der Waals surface area (Å²) in [5.74, 6) is 2.58. The Hall–Kier alpha value is -8.66. The van der Waals surface area contributed by atoms with Crippen LogP contribution in [-0.4, -0.2) is 20.4 Å². The molecule has 1 atom stereocenters. The third kappa shape index (κ3) is 7.58. The van der Waals surface area contributed by atoms with E-state index in [9.17, 15) is 20.4 Å². The largest absolute Gasteiger partial charge is 0.384 e. The third-order valence-corrected chi connectivity index (χ3v) is 15.0. The Morgan fingerprint density at radius 2 is 0.671 bits per heavy atom. The van der Waals surface area contributed by atoms with Crippen LogP contribution >= 0.6 is 0 Å². The lowest BCUT2D eigenvalue weighted by atomic mass is 9.83. The number of terminal acetylenes is 1. The second kappa shape index (κ2) is 18.5. The summed E-state index contributed by atoms with van der Waals surface area (Å²) in [5, 5.41) is 47.8. The number of aliphatic hydroxyl groups excluding tert-OH is 2. The standard InChI is InChI=1S/C23H16O.C17H12O.C16H12O.C13H10O/c24-23(18-14-13-16-7-1-2-8-17(16)15-18)21-11-5-3-9-19(21)20-10-4-6-12-22(20)23;18-17-14-8-4-3-7-13(14)15-9-11-5-1-2-6-12(11)10-16(15)17;1-2-11-16(17)14-9-5-3-7-12(14)13-8-4-6-10-15(13)16;14-13-11-7-3-1-5-9(11)10-6-2-4-8-12(10)13/h1-15,24H;1-10,17-18H;1,3-10,17H,11H2;1-8,13-14H. The highest BCUT2D eigenvalue weighted by Crippen LogP contribution is 2.52. The number of hydrogen-bond acceptors (Lipinski definition) is 4. The van der Waals surface area contributed by atoms with E-state index >= 15 is 0 Å². The highest BCUT2D eigenvalue weighted by atomic mass is 16.3. The zero-order chi connectivity index (χ0) is 49.7. The quantitative estimate of drug-likeness (QED) is 0.130. The minimum atomic E-state index is -1.10. The van der Waals surface area contributed by atoms with Gasteiger partial charge in [-0.25, -0.2) is 0 Å². The Labute approximate surface area is 425 Å². The van der Waals surface area contributed by atoms with Crippen molar-refractivity contribution >= 4 is 21.5 Å². The van der Waals surface area contributed by atoms with E-state index in [0.717, 1.165) is 100.0 Å². The average Bonchev–Trinajstić information content (AvgIpc) is 4.09. The first-order valence-electron chi connectivity index (χ1n) is 24.7. The van der Waals surface area contributed by atoms with Crippen LogP contribution in [0.2, 0.25) is 0 Å². The van der Waals surface area contributed by atoms with E-state index in [1.807, 2.05) is 170 Å². The van der Waals surface area contributed by atoms with E-state index in [-0.39, 0.29) is 0 Å². The van der Waals surface area contributed by atoms with Crippen molar-refractivity contribution in [3.8, 4) is 56.9 Å². The molecule has 4 N–H and O–H groups in total. The summed E-state index contributed by atoms with van der Waals surface area (Å²) in [7, 11) is 0. The Morgan fingerprint density at radius 3 is 1.15 bits per heavy atom. The Morgan fingerprint density at radius 1 is 0.329 bits per heavy atom. The average molecular weight is 943 g/mol. The first kappa shape index (κ1) is 45.5. The van der Waals surface area contributed by atoms with Gasteiger partial charge in [0.25, 0.3) is 0 Å². The van der Waals surface area contributed by atoms with Crippen molar-refractivity contribution in [2.24, 2.45) is 0 Å². The van der Waals surface area contributed by atoms with Crippen LogP contribution in [0.5, 0.6) is 0 Å². The number of fused-ring (bicyclic) bond motifs is 14. The highest BCUT2D eigenvalue weighted by Gasteiger charge is 2.43. The fraction of sp³-hybridized carbons (Fsp3) is 0.0725. The Kier molecular flexibility index (Phi) is 11.5. The molecule has 4 heteroatoms. The molecule has 0 saturated heterocycles. The lowest BCUT2D eigenvalue weighted by Crippen LogP contribution is -2.26. The van der Waals surface area contributed by atoms with E-state index in [4.69, 9.17) is 6.42 Å². The first-order valence-corrected chi connectivity index (χ1v) is 24.7. The van der Waals surface area contributed by atoms with Gasteiger partial charge in [0, 0.05) is 17.5 Å². The fourth-order valence-electron chi connectivity index (χ4n) is 11.6. The van der Waals surface area contributed by atoms with Gasteiger partial charge >= 0.3 is 0 Å². The predicted molar refractivity (Wildman–Crippen MR) is 296 cm³/mol. The third-order valence-electron chi connectivity index (χ3n) is 15.0. The van der Waals surface area contributed by atoms with Gasteiger partial charge < -0.3 is 20.4 Å². The Bertz CT molecular complexity index is 3820. The van der Waals surface area contributed by atoms with Gasteiger partial charge in [0.05, 0.1) is 0 Å². The minimum absolute atomic E-state index is 0.307. The van der Waals surface area contributed by atoms with Crippen molar-refractivity contribution in [2.75, 3.05) is 0 Å². The molecule has 11 aromatic rings. The number of hydrogen-bond donors (Lipinski definition) is 4. The monoisotopic (exact) mass is 942 g/mol. The summed E-state index contributed by atoms with van der Waals surface area (Å²) in [6, 6.07) is 83.3. The van der Waals surface area contributed by atoms with Crippen molar-refractivity contribution < 1.29 is 20.4 Å². The van der Waals surface area contributed by atoms with Gasteiger partial charge in [-0.2, -0.15) is 0 Å². The summed E-state index contributed by atoms with van der Waals surface area (Å²) in [6.07, 6.45) is 4.78. The van der Waals surface area contributed by atoms with Gasteiger partial charge in [0.1, 0.15) is 23.4 Å². The summed E-state index contributed by atoms with van der Waals surface area (Å²) in [5.41, 5.74) is 15.7. The smallest absolute Gasteiger partial charge is 0.141 e. The van der Waals surface area contributed by atoms with E-state index in [1.54, 1.807) is 0 Å². The van der Waals surface area contributed by atoms with Crippen LogP contribution in [-0.2, 0) is 11.2 Å². The fourth-order valence-corrected chi connectivity index (χ4v) is 11.6. The molecule has 0 radical (unpaired) electrons. The molecule has 350 valence electrons. The number of rotatable bonds is 2. The minimum Gasteiger partial charge on any atom is -0.384 e.